The number of nitrogens with one attached hydrogen (secondary N) is 1. The van der Waals surface area contributed by atoms with Gasteiger partial charge in [-0.25, -0.2) is 0 Å². The predicted molar refractivity (Wildman–Crippen MR) is 104 cm³/mol. The molecule has 0 aromatic heterocycles. The van der Waals surface area contributed by atoms with E-state index in [1.165, 1.54) is 6.42 Å². The number of carbonyl (C=O) groups is 2. The summed E-state index contributed by atoms with van der Waals surface area (Å²) in [6.45, 7) is 1.48. The van der Waals surface area contributed by atoms with Gasteiger partial charge in [0, 0.05) is 18.7 Å². The number of hydrogen-bond donors (Lipinski definition) is 2. The summed E-state index contributed by atoms with van der Waals surface area (Å²) in [6.07, 6.45) is 6.07. The van der Waals surface area contributed by atoms with Gasteiger partial charge in [-0.05, 0) is 37.5 Å². The number of benzene rings is 1. The van der Waals surface area contributed by atoms with E-state index in [-0.39, 0.29) is 31.6 Å². The summed E-state index contributed by atoms with van der Waals surface area (Å²) in [5.41, 5.74) is 0.432. The molecule has 3 heterocycles. The quantitative estimate of drug-likeness (QED) is 0.719. The van der Waals surface area contributed by atoms with Crippen molar-refractivity contribution in [3.05, 3.63) is 35.9 Å². The number of nitrogens with zero attached hydrogens (tertiary/aromatic N) is 1. The normalized spacial score (nSPS) is 25.7. The van der Waals surface area contributed by atoms with Gasteiger partial charge in [0.05, 0.1) is 25.2 Å². The molecule has 1 saturated heterocycles. The molecule has 1 fully saturated rings. The smallest absolute Gasteiger partial charge is 0.251 e. The molecule has 0 unspecified atom stereocenters. The Labute approximate surface area is 169 Å². The van der Waals surface area contributed by atoms with Crippen molar-refractivity contribution in [3.63, 3.8) is 0 Å². The van der Waals surface area contributed by atoms with Gasteiger partial charge in [-0.15, -0.1) is 0 Å². The average Bonchev–Trinajstić information content (AvgIpc) is 3.23. The Morgan fingerprint density at radius 1 is 1.10 bits per heavy atom. The molecule has 2 amide bonds. The molecule has 4 rings (SSSR count). The first kappa shape index (κ1) is 19.7. The molecule has 3 atom stereocenters. The van der Waals surface area contributed by atoms with Crippen LogP contribution in [0.4, 0.5) is 0 Å². The van der Waals surface area contributed by atoms with E-state index in [0.29, 0.717) is 17.1 Å². The van der Waals surface area contributed by atoms with Crippen molar-refractivity contribution in [2.75, 3.05) is 26.5 Å². The van der Waals surface area contributed by atoms with E-state index in [0.717, 1.165) is 25.9 Å². The number of piperidine rings is 1. The highest BCUT2D eigenvalue weighted by Crippen LogP contribution is 2.32. The number of carbonyl (C=O) groups excluding carboxylic acids is 2. The molecule has 0 saturated carbocycles. The summed E-state index contributed by atoms with van der Waals surface area (Å²) < 4.78 is 16.4. The first-order valence-corrected chi connectivity index (χ1v) is 10.1. The molecule has 0 radical (unpaired) electrons. The molecule has 156 valence electrons. The van der Waals surface area contributed by atoms with Gasteiger partial charge in [0.2, 0.25) is 12.7 Å². The zero-order valence-electron chi connectivity index (χ0n) is 16.2. The lowest BCUT2D eigenvalue weighted by Gasteiger charge is -2.33. The van der Waals surface area contributed by atoms with Gasteiger partial charge in [0.25, 0.3) is 5.91 Å². The van der Waals surface area contributed by atoms with Crippen molar-refractivity contribution in [1.82, 2.24) is 10.2 Å². The molecule has 1 aromatic carbocycles. The minimum absolute atomic E-state index is 0.0684. The zero-order valence-corrected chi connectivity index (χ0v) is 16.2. The zero-order chi connectivity index (χ0) is 20.2. The fourth-order valence-corrected chi connectivity index (χ4v) is 3.85. The Kier molecular flexibility index (Phi) is 6.01. The second kappa shape index (κ2) is 8.84. The monoisotopic (exact) mass is 402 g/mol. The first-order valence-electron chi connectivity index (χ1n) is 10.1. The van der Waals surface area contributed by atoms with Gasteiger partial charge in [0.15, 0.2) is 11.5 Å². The Morgan fingerprint density at radius 3 is 2.69 bits per heavy atom. The van der Waals surface area contributed by atoms with Crippen LogP contribution < -0.4 is 14.8 Å². The van der Waals surface area contributed by atoms with Crippen LogP contribution in [0.3, 0.4) is 0 Å². The maximum atomic E-state index is 12.6. The summed E-state index contributed by atoms with van der Waals surface area (Å²) in [5, 5.41) is 12.6. The van der Waals surface area contributed by atoms with E-state index in [1.807, 2.05) is 4.90 Å². The molecule has 29 heavy (non-hydrogen) atoms. The molecule has 0 aliphatic carbocycles. The van der Waals surface area contributed by atoms with E-state index in [2.05, 4.69) is 5.32 Å². The van der Waals surface area contributed by atoms with Crippen LogP contribution in [0.2, 0.25) is 0 Å². The van der Waals surface area contributed by atoms with E-state index >= 15 is 0 Å². The topological polar surface area (TPSA) is 97.3 Å². The molecule has 8 heteroatoms. The van der Waals surface area contributed by atoms with Gasteiger partial charge in [-0.2, -0.15) is 0 Å². The lowest BCUT2D eigenvalue weighted by Crippen LogP contribution is -2.49. The van der Waals surface area contributed by atoms with Crippen molar-refractivity contribution in [2.45, 2.75) is 43.9 Å². The molecule has 1 aromatic rings. The van der Waals surface area contributed by atoms with Crippen LogP contribution in [-0.2, 0) is 9.53 Å². The van der Waals surface area contributed by atoms with Crippen molar-refractivity contribution >= 4 is 11.8 Å². The van der Waals surface area contributed by atoms with Crippen LogP contribution in [-0.4, -0.2) is 66.6 Å². The Bertz CT molecular complexity index is 789. The number of fused-ring (bicyclic) bond motifs is 1. The lowest BCUT2D eigenvalue weighted by molar-refractivity contribution is -0.136. The van der Waals surface area contributed by atoms with Crippen molar-refractivity contribution in [3.8, 4) is 11.5 Å². The van der Waals surface area contributed by atoms with Gasteiger partial charge >= 0.3 is 0 Å². The summed E-state index contributed by atoms with van der Waals surface area (Å²) >= 11 is 0. The number of aliphatic hydroxyl groups excluding tert-OH is 1. The predicted octanol–water partition coefficient (Wildman–Crippen LogP) is 1.23. The minimum atomic E-state index is -0.614. The van der Waals surface area contributed by atoms with E-state index in [1.54, 1.807) is 30.4 Å². The second-order valence-corrected chi connectivity index (χ2v) is 7.49. The maximum absolute atomic E-state index is 12.6. The molecule has 0 spiro atoms. The van der Waals surface area contributed by atoms with Gasteiger partial charge in [0.1, 0.15) is 6.10 Å². The number of likely N-dealkylation sites (tertiary alicyclic amines) is 1. The van der Waals surface area contributed by atoms with Crippen LogP contribution in [0.5, 0.6) is 11.5 Å². The van der Waals surface area contributed by atoms with E-state index in [4.69, 9.17) is 14.2 Å². The van der Waals surface area contributed by atoms with E-state index in [9.17, 15) is 14.7 Å². The Morgan fingerprint density at radius 2 is 1.90 bits per heavy atom. The number of rotatable bonds is 5. The minimum Gasteiger partial charge on any atom is -0.454 e. The van der Waals surface area contributed by atoms with Crippen LogP contribution in [0.25, 0.3) is 0 Å². The third-order valence-electron chi connectivity index (χ3n) is 5.48. The Hall–Kier alpha value is -2.58. The molecule has 3 aliphatic heterocycles. The standard InChI is InChI=1S/C21H26N2O6/c24-12-19-16(22-21(26)14-4-7-17-18(10-14)28-13-27-17)6-5-15(29-19)11-20(25)23-8-2-1-3-9-23/h4-7,10,15-16,19,24H,1-3,8-9,11-13H2,(H,22,26)/t15-,16-,19-/m1/s1. The number of amides is 2. The van der Waals surface area contributed by atoms with Crippen molar-refractivity contribution < 1.29 is 28.9 Å². The molecule has 3 aliphatic rings. The number of aliphatic hydroxyl groups is 1. The van der Waals surface area contributed by atoms with Crippen LogP contribution in [0.15, 0.2) is 30.4 Å². The van der Waals surface area contributed by atoms with Crippen LogP contribution in [0, 0.1) is 0 Å². The SMILES string of the molecule is O=C(N[C@@H]1C=C[C@H](CC(=O)N2CCCCC2)O[C@@H]1CO)c1ccc2c(c1)OCO2. The summed E-state index contributed by atoms with van der Waals surface area (Å²) in [7, 11) is 0. The average molecular weight is 402 g/mol. The fraction of sp³-hybridized carbons (Fsp3) is 0.524. The fourth-order valence-electron chi connectivity index (χ4n) is 3.85. The van der Waals surface area contributed by atoms with E-state index < -0.39 is 18.2 Å². The molecular formula is C21H26N2O6. The van der Waals surface area contributed by atoms with Crippen LogP contribution in [0.1, 0.15) is 36.0 Å². The molecular weight excluding hydrogens is 376 g/mol. The molecule has 8 nitrogen and oxygen atoms in total. The van der Waals surface area contributed by atoms with Gasteiger partial charge < -0.3 is 29.5 Å². The highest BCUT2D eigenvalue weighted by molar-refractivity contribution is 5.95. The lowest BCUT2D eigenvalue weighted by atomic mass is 10.0. The summed E-state index contributed by atoms with van der Waals surface area (Å²) in [4.78, 5) is 26.9. The molecule has 0 bridgehead atoms. The number of hydrogen-bond acceptors (Lipinski definition) is 6. The van der Waals surface area contributed by atoms with Gasteiger partial charge in [-0.3, -0.25) is 9.59 Å². The van der Waals surface area contributed by atoms with Crippen molar-refractivity contribution in [2.24, 2.45) is 0 Å². The highest BCUT2D eigenvalue weighted by atomic mass is 16.7. The van der Waals surface area contributed by atoms with Gasteiger partial charge in [-0.1, -0.05) is 12.2 Å². The summed E-state index contributed by atoms with van der Waals surface area (Å²) in [6, 6.07) is 4.49. The number of ether oxygens (including phenoxy) is 3. The molecule has 2 N–H and O–H groups in total. The third-order valence-corrected chi connectivity index (χ3v) is 5.48. The van der Waals surface area contributed by atoms with Crippen LogP contribution >= 0.6 is 0 Å². The first-order chi connectivity index (χ1) is 14.1. The van der Waals surface area contributed by atoms with Crippen molar-refractivity contribution in [1.29, 1.82) is 0 Å². The summed E-state index contributed by atoms with van der Waals surface area (Å²) in [5.74, 6) is 0.904. The second-order valence-electron chi connectivity index (χ2n) is 7.49. The third kappa shape index (κ3) is 4.54. The largest absolute Gasteiger partial charge is 0.454 e. The Balaban J connectivity index is 1.36. The highest BCUT2D eigenvalue weighted by Gasteiger charge is 2.30. The maximum Gasteiger partial charge on any atom is 0.251 e.